The summed E-state index contributed by atoms with van der Waals surface area (Å²) in [6, 6.07) is 5.38. The zero-order valence-corrected chi connectivity index (χ0v) is 16.6. The second-order valence-electron chi connectivity index (χ2n) is 6.72. The van der Waals surface area contributed by atoms with Crippen LogP contribution >= 0.6 is 0 Å². The first-order valence-corrected chi connectivity index (χ1v) is 10.5. The highest BCUT2D eigenvalue weighted by Crippen LogP contribution is 2.26. The molecule has 1 heterocycles. The van der Waals surface area contributed by atoms with E-state index in [1.165, 1.54) is 28.6 Å². The summed E-state index contributed by atoms with van der Waals surface area (Å²) >= 11 is 0. The molecule has 1 aromatic rings. The van der Waals surface area contributed by atoms with Gasteiger partial charge in [-0.15, -0.1) is 0 Å². The van der Waals surface area contributed by atoms with Crippen LogP contribution < -0.4 is 4.90 Å². The number of nitrogens with one attached hydrogen (secondary N) is 1. The number of nitro benzene ring substituents is 1. The Morgan fingerprint density at radius 1 is 1.30 bits per heavy atom. The molecule has 0 radical (unpaired) electrons. The van der Waals surface area contributed by atoms with Crippen LogP contribution in [0.2, 0.25) is 0 Å². The third-order valence-electron chi connectivity index (χ3n) is 4.78. The molecule has 150 valence electrons. The fourth-order valence-corrected chi connectivity index (χ4v) is 4.65. The van der Waals surface area contributed by atoms with Gasteiger partial charge in [-0.3, -0.25) is 14.9 Å². The molecule has 0 bridgehead atoms. The lowest BCUT2D eigenvalue weighted by molar-refractivity contribution is -0.895. The maximum atomic E-state index is 12.8. The van der Waals surface area contributed by atoms with Crippen LogP contribution in [0.4, 0.5) is 5.69 Å². The van der Waals surface area contributed by atoms with E-state index < -0.39 is 20.6 Å². The second kappa shape index (κ2) is 9.25. The van der Waals surface area contributed by atoms with Crippen molar-refractivity contribution in [3.05, 3.63) is 34.4 Å². The number of quaternary nitrogens is 1. The molecule has 1 saturated heterocycles. The molecule has 0 spiro atoms. The van der Waals surface area contributed by atoms with Crippen LogP contribution in [0.25, 0.3) is 0 Å². The minimum atomic E-state index is -3.93. The molecule has 9 nitrogen and oxygen atoms in total. The molecule has 0 saturated carbocycles. The number of para-hydroxylation sites is 1. The SMILES string of the molecule is CCCCN(C)C(=O)C[NH+]1CCN(S(=O)(=O)c2ccccc2[N+](=O)[O-])CC1. The number of nitro groups is 1. The number of hydrogen-bond acceptors (Lipinski definition) is 5. The van der Waals surface area contributed by atoms with E-state index in [9.17, 15) is 23.3 Å². The van der Waals surface area contributed by atoms with Gasteiger partial charge in [0.25, 0.3) is 11.6 Å². The van der Waals surface area contributed by atoms with Crippen molar-refractivity contribution in [1.29, 1.82) is 0 Å². The Morgan fingerprint density at radius 2 is 1.93 bits per heavy atom. The molecule has 0 unspecified atom stereocenters. The quantitative estimate of drug-likeness (QED) is 0.479. The molecule has 10 heteroatoms. The smallest absolute Gasteiger partial charge is 0.289 e. The number of sulfonamides is 1. The molecule has 1 N–H and O–H groups in total. The van der Waals surface area contributed by atoms with E-state index in [1.54, 1.807) is 11.9 Å². The number of likely N-dealkylation sites (N-methyl/N-ethyl adjacent to an activating group) is 1. The van der Waals surface area contributed by atoms with Gasteiger partial charge in [0.2, 0.25) is 10.0 Å². The maximum Gasteiger partial charge on any atom is 0.289 e. The first-order chi connectivity index (χ1) is 12.8. The lowest BCUT2D eigenvalue weighted by atomic mass is 10.3. The zero-order chi connectivity index (χ0) is 20.0. The molecule has 0 aromatic heterocycles. The second-order valence-corrected chi connectivity index (χ2v) is 8.63. The fraction of sp³-hybridized carbons (Fsp3) is 0.588. The highest BCUT2D eigenvalue weighted by atomic mass is 32.2. The number of amides is 1. The summed E-state index contributed by atoms with van der Waals surface area (Å²) < 4.78 is 26.9. The van der Waals surface area contributed by atoms with Crippen molar-refractivity contribution in [2.45, 2.75) is 24.7 Å². The van der Waals surface area contributed by atoms with Gasteiger partial charge in [-0.2, -0.15) is 4.31 Å². The number of hydrogen-bond donors (Lipinski definition) is 1. The van der Waals surface area contributed by atoms with Crippen LogP contribution in [0.5, 0.6) is 0 Å². The van der Waals surface area contributed by atoms with E-state index in [-0.39, 0.29) is 23.9 Å². The van der Waals surface area contributed by atoms with Crippen molar-refractivity contribution < 1.29 is 23.0 Å². The van der Waals surface area contributed by atoms with Gasteiger partial charge in [-0.1, -0.05) is 25.5 Å². The number of carbonyl (C=O) groups excluding carboxylic acids is 1. The zero-order valence-electron chi connectivity index (χ0n) is 15.8. The Morgan fingerprint density at radius 3 is 2.52 bits per heavy atom. The summed E-state index contributed by atoms with van der Waals surface area (Å²) in [7, 11) is -2.15. The highest BCUT2D eigenvalue weighted by Gasteiger charge is 2.35. The van der Waals surface area contributed by atoms with E-state index in [4.69, 9.17) is 0 Å². The van der Waals surface area contributed by atoms with Crippen molar-refractivity contribution in [3.63, 3.8) is 0 Å². The summed E-state index contributed by atoms with van der Waals surface area (Å²) in [4.78, 5) is 25.2. The lowest BCUT2D eigenvalue weighted by Gasteiger charge is -2.31. The summed E-state index contributed by atoms with van der Waals surface area (Å²) in [5.41, 5.74) is -0.417. The Labute approximate surface area is 159 Å². The maximum absolute atomic E-state index is 12.8. The lowest BCUT2D eigenvalue weighted by Crippen LogP contribution is -3.15. The van der Waals surface area contributed by atoms with Crippen LogP contribution in [0.3, 0.4) is 0 Å². The predicted molar refractivity (Wildman–Crippen MR) is 100.0 cm³/mol. The number of nitrogens with zero attached hydrogens (tertiary/aromatic N) is 3. The number of benzene rings is 1. The van der Waals surface area contributed by atoms with E-state index in [1.807, 2.05) is 0 Å². The number of unbranched alkanes of at least 4 members (excludes halogenated alkanes) is 1. The average Bonchev–Trinajstić information content (AvgIpc) is 2.66. The van der Waals surface area contributed by atoms with Crippen LogP contribution in [0, 0.1) is 10.1 Å². The van der Waals surface area contributed by atoms with Gasteiger partial charge < -0.3 is 9.80 Å². The molecule has 1 amide bonds. The van der Waals surface area contributed by atoms with Gasteiger partial charge in [-0.05, 0) is 12.5 Å². The van der Waals surface area contributed by atoms with E-state index in [0.717, 1.165) is 24.3 Å². The minimum Gasteiger partial charge on any atom is -0.341 e. The van der Waals surface area contributed by atoms with E-state index in [2.05, 4.69) is 6.92 Å². The standard InChI is InChI=1S/C17H26N4O5S/c1-3-4-9-18(2)17(22)14-19-10-12-20(13-11-19)27(25,26)16-8-6-5-7-15(16)21(23)24/h5-8H,3-4,9-14H2,1-2H3/p+1. The van der Waals surface area contributed by atoms with Crippen molar-refractivity contribution >= 4 is 21.6 Å². The molecule has 1 aliphatic heterocycles. The Hall–Kier alpha value is -2.04. The van der Waals surface area contributed by atoms with Gasteiger partial charge >= 0.3 is 0 Å². The van der Waals surface area contributed by atoms with Crippen LogP contribution in [0.15, 0.2) is 29.2 Å². The van der Waals surface area contributed by atoms with Crippen LogP contribution in [-0.2, 0) is 14.8 Å². The third kappa shape index (κ3) is 5.24. The normalized spacial score (nSPS) is 16.2. The fourth-order valence-electron chi connectivity index (χ4n) is 3.05. The summed E-state index contributed by atoms with van der Waals surface area (Å²) in [6.45, 7) is 4.58. The number of piperazine rings is 1. The van der Waals surface area contributed by atoms with E-state index >= 15 is 0 Å². The van der Waals surface area contributed by atoms with Crippen molar-refractivity contribution in [3.8, 4) is 0 Å². The Bertz CT molecular complexity index is 775. The first kappa shape index (κ1) is 21.3. The Kier molecular flexibility index (Phi) is 7.28. The highest BCUT2D eigenvalue weighted by molar-refractivity contribution is 7.89. The van der Waals surface area contributed by atoms with Gasteiger partial charge in [0.1, 0.15) is 0 Å². The average molecular weight is 399 g/mol. The van der Waals surface area contributed by atoms with Crippen LogP contribution in [-0.4, -0.2) is 74.8 Å². The van der Waals surface area contributed by atoms with Crippen LogP contribution in [0.1, 0.15) is 19.8 Å². The van der Waals surface area contributed by atoms with Gasteiger partial charge in [0.05, 0.1) is 31.1 Å². The summed E-state index contributed by atoms with van der Waals surface area (Å²) in [5.74, 6) is 0.0495. The monoisotopic (exact) mass is 399 g/mol. The van der Waals surface area contributed by atoms with Gasteiger partial charge in [0.15, 0.2) is 11.4 Å². The van der Waals surface area contributed by atoms with Crippen molar-refractivity contribution in [2.24, 2.45) is 0 Å². The molecular formula is C17H27N4O5S+. The summed E-state index contributed by atoms with van der Waals surface area (Å²) in [5, 5.41) is 11.1. The number of rotatable bonds is 8. The first-order valence-electron chi connectivity index (χ1n) is 9.08. The van der Waals surface area contributed by atoms with Crippen molar-refractivity contribution in [2.75, 3.05) is 46.3 Å². The molecule has 2 rings (SSSR count). The molecule has 27 heavy (non-hydrogen) atoms. The topological polar surface area (TPSA) is 105 Å². The predicted octanol–water partition coefficient (Wildman–Crippen LogP) is -0.257. The Balaban J connectivity index is 1.99. The third-order valence-corrected chi connectivity index (χ3v) is 6.73. The number of carbonyl (C=O) groups is 1. The van der Waals surface area contributed by atoms with Gasteiger partial charge in [0, 0.05) is 19.7 Å². The minimum absolute atomic E-state index is 0.0495. The van der Waals surface area contributed by atoms with Crippen molar-refractivity contribution in [1.82, 2.24) is 9.21 Å². The summed E-state index contributed by atoms with van der Waals surface area (Å²) in [6.07, 6.45) is 1.98. The molecular weight excluding hydrogens is 372 g/mol. The molecule has 0 atom stereocenters. The molecule has 1 fully saturated rings. The molecule has 1 aliphatic rings. The molecule has 0 aliphatic carbocycles. The molecule has 1 aromatic carbocycles. The van der Waals surface area contributed by atoms with E-state index in [0.29, 0.717) is 19.6 Å². The largest absolute Gasteiger partial charge is 0.341 e. The van der Waals surface area contributed by atoms with Gasteiger partial charge in [-0.25, -0.2) is 8.42 Å².